The fraction of sp³-hybridized carbons (Fsp3) is 0.111. The summed E-state index contributed by atoms with van der Waals surface area (Å²) in [7, 11) is 0. The maximum atomic E-state index is 5.50. The van der Waals surface area contributed by atoms with E-state index in [1.807, 2.05) is 6.07 Å². The highest BCUT2D eigenvalue weighted by molar-refractivity contribution is 5.30. The summed E-state index contributed by atoms with van der Waals surface area (Å²) in [6.45, 7) is 0.371. The number of rotatable bonds is 3. The van der Waals surface area contributed by atoms with Gasteiger partial charge in [-0.2, -0.15) is 5.10 Å². The van der Waals surface area contributed by atoms with Gasteiger partial charge in [0.2, 0.25) is 0 Å². The standard InChI is InChI=1S/C9H10N4O/c10-4-8-9(6-12-13-8)14-7-2-1-3-11-5-7/h1-3,5-6H,4,10H2,(H,12,13). The van der Waals surface area contributed by atoms with Gasteiger partial charge in [-0.25, -0.2) is 0 Å². The molecule has 0 saturated carbocycles. The van der Waals surface area contributed by atoms with Crippen LogP contribution in [0.5, 0.6) is 11.5 Å². The molecule has 2 aromatic rings. The summed E-state index contributed by atoms with van der Waals surface area (Å²) in [5, 5.41) is 6.59. The molecule has 0 aliphatic carbocycles. The Morgan fingerprint density at radius 1 is 1.43 bits per heavy atom. The van der Waals surface area contributed by atoms with Crippen molar-refractivity contribution < 1.29 is 4.74 Å². The lowest BCUT2D eigenvalue weighted by Crippen LogP contribution is -1.98. The summed E-state index contributed by atoms with van der Waals surface area (Å²) < 4.78 is 5.50. The summed E-state index contributed by atoms with van der Waals surface area (Å²) in [6, 6.07) is 3.62. The average Bonchev–Trinajstić information content (AvgIpc) is 2.67. The van der Waals surface area contributed by atoms with Crippen LogP contribution in [0, 0.1) is 0 Å². The normalized spacial score (nSPS) is 10.1. The molecule has 0 bridgehead atoms. The van der Waals surface area contributed by atoms with E-state index < -0.39 is 0 Å². The van der Waals surface area contributed by atoms with Crippen LogP contribution in [-0.2, 0) is 6.54 Å². The maximum absolute atomic E-state index is 5.50. The first-order chi connectivity index (χ1) is 6.90. The summed E-state index contributed by atoms with van der Waals surface area (Å²) in [6.07, 6.45) is 4.91. The predicted octanol–water partition coefficient (Wildman–Crippen LogP) is 1.06. The Hall–Kier alpha value is -1.88. The predicted molar refractivity (Wildman–Crippen MR) is 50.8 cm³/mol. The van der Waals surface area contributed by atoms with Crippen LogP contribution in [0.1, 0.15) is 5.69 Å². The zero-order chi connectivity index (χ0) is 9.80. The third-order valence-electron chi connectivity index (χ3n) is 1.75. The molecule has 0 aliphatic rings. The van der Waals surface area contributed by atoms with Crippen LogP contribution in [0.2, 0.25) is 0 Å². The topological polar surface area (TPSA) is 76.8 Å². The van der Waals surface area contributed by atoms with Gasteiger partial charge in [-0.3, -0.25) is 10.1 Å². The Kier molecular flexibility index (Phi) is 2.42. The molecule has 0 saturated heterocycles. The molecule has 5 nitrogen and oxygen atoms in total. The van der Waals surface area contributed by atoms with Crippen LogP contribution in [0.15, 0.2) is 30.7 Å². The van der Waals surface area contributed by atoms with Gasteiger partial charge in [-0.05, 0) is 12.1 Å². The Labute approximate surface area is 80.9 Å². The molecule has 0 spiro atoms. The second-order valence-electron chi connectivity index (χ2n) is 2.71. The molecule has 2 heterocycles. The number of ether oxygens (including phenoxy) is 1. The Bertz CT molecular complexity index is 398. The Balaban J connectivity index is 2.19. The fourth-order valence-corrected chi connectivity index (χ4v) is 1.07. The first-order valence-corrected chi connectivity index (χ1v) is 4.20. The van der Waals surface area contributed by atoms with Gasteiger partial charge in [0.15, 0.2) is 5.75 Å². The molecule has 0 aliphatic heterocycles. The van der Waals surface area contributed by atoms with Crippen LogP contribution < -0.4 is 10.5 Å². The lowest BCUT2D eigenvalue weighted by atomic mass is 10.4. The molecule has 0 amide bonds. The first kappa shape index (κ1) is 8.71. The van der Waals surface area contributed by atoms with Crippen molar-refractivity contribution in [3.63, 3.8) is 0 Å². The van der Waals surface area contributed by atoms with Crippen LogP contribution in [0.25, 0.3) is 0 Å². The number of nitrogens with one attached hydrogen (secondary N) is 1. The average molecular weight is 190 g/mol. The van der Waals surface area contributed by atoms with Gasteiger partial charge in [0, 0.05) is 12.7 Å². The highest BCUT2D eigenvalue weighted by Gasteiger charge is 2.04. The van der Waals surface area contributed by atoms with E-state index in [2.05, 4.69) is 15.2 Å². The summed E-state index contributed by atoms with van der Waals surface area (Å²) >= 11 is 0. The lowest BCUT2D eigenvalue weighted by Gasteiger charge is -2.03. The molecule has 5 heteroatoms. The number of aromatic nitrogens is 3. The van der Waals surface area contributed by atoms with Gasteiger partial charge in [-0.15, -0.1) is 0 Å². The van der Waals surface area contributed by atoms with E-state index in [0.29, 0.717) is 18.0 Å². The van der Waals surface area contributed by atoms with E-state index in [-0.39, 0.29) is 0 Å². The van der Waals surface area contributed by atoms with Crippen LogP contribution in [0.4, 0.5) is 0 Å². The van der Waals surface area contributed by atoms with E-state index in [9.17, 15) is 0 Å². The van der Waals surface area contributed by atoms with Gasteiger partial charge < -0.3 is 10.5 Å². The third-order valence-corrected chi connectivity index (χ3v) is 1.75. The van der Waals surface area contributed by atoms with E-state index in [1.54, 1.807) is 24.7 Å². The van der Waals surface area contributed by atoms with Crippen molar-refractivity contribution in [2.45, 2.75) is 6.54 Å². The Morgan fingerprint density at radius 2 is 2.36 bits per heavy atom. The highest BCUT2D eigenvalue weighted by atomic mass is 16.5. The molecule has 3 N–H and O–H groups in total. The molecular formula is C9H10N4O. The van der Waals surface area contributed by atoms with E-state index >= 15 is 0 Å². The SMILES string of the molecule is NCc1[nH]ncc1Oc1cccnc1. The molecule has 2 rings (SSSR count). The van der Waals surface area contributed by atoms with E-state index in [4.69, 9.17) is 10.5 Å². The van der Waals surface area contributed by atoms with Crippen molar-refractivity contribution in [2.24, 2.45) is 5.73 Å². The minimum absolute atomic E-state index is 0.371. The third kappa shape index (κ3) is 1.72. The molecule has 0 radical (unpaired) electrons. The van der Waals surface area contributed by atoms with Gasteiger partial charge in [0.05, 0.1) is 18.1 Å². The smallest absolute Gasteiger partial charge is 0.169 e. The zero-order valence-electron chi connectivity index (χ0n) is 7.47. The quantitative estimate of drug-likeness (QED) is 0.758. The summed E-state index contributed by atoms with van der Waals surface area (Å²) in [5.74, 6) is 1.31. The van der Waals surface area contributed by atoms with Crippen molar-refractivity contribution in [1.29, 1.82) is 0 Å². The van der Waals surface area contributed by atoms with Crippen molar-refractivity contribution in [3.05, 3.63) is 36.4 Å². The lowest BCUT2D eigenvalue weighted by molar-refractivity contribution is 0.474. The van der Waals surface area contributed by atoms with E-state index in [0.717, 1.165) is 5.69 Å². The van der Waals surface area contributed by atoms with Crippen molar-refractivity contribution >= 4 is 0 Å². The molecule has 2 aromatic heterocycles. The molecule has 0 atom stereocenters. The fourth-order valence-electron chi connectivity index (χ4n) is 1.07. The van der Waals surface area contributed by atoms with E-state index in [1.165, 1.54) is 0 Å². The first-order valence-electron chi connectivity index (χ1n) is 4.20. The number of hydrogen-bond donors (Lipinski definition) is 2. The zero-order valence-corrected chi connectivity index (χ0v) is 7.47. The minimum Gasteiger partial charge on any atom is -0.452 e. The van der Waals surface area contributed by atoms with Gasteiger partial charge in [0.25, 0.3) is 0 Å². The molecule has 0 fully saturated rings. The van der Waals surface area contributed by atoms with Crippen LogP contribution in [-0.4, -0.2) is 15.2 Å². The van der Waals surface area contributed by atoms with Crippen LogP contribution >= 0.6 is 0 Å². The second kappa shape index (κ2) is 3.89. The number of aromatic amines is 1. The highest BCUT2D eigenvalue weighted by Crippen LogP contribution is 2.21. The van der Waals surface area contributed by atoms with Gasteiger partial charge >= 0.3 is 0 Å². The number of nitrogens with two attached hydrogens (primary N) is 1. The number of H-pyrrole nitrogens is 1. The van der Waals surface area contributed by atoms with Crippen LogP contribution in [0.3, 0.4) is 0 Å². The van der Waals surface area contributed by atoms with Gasteiger partial charge in [-0.1, -0.05) is 0 Å². The molecular weight excluding hydrogens is 180 g/mol. The van der Waals surface area contributed by atoms with Crippen molar-refractivity contribution in [2.75, 3.05) is 0 Å². The van der Waals surface area contributed by atoms with Gasteiger partial charge in [0.1, 0.15) is 5.75 Å². The molecule has 14 heavy (non-hydrogen) atoms. The minimum atomic E-state index is 0.371. The number of hydrogen-bond acceptors (Lipinski definition) is 4. The van der Waals surface area contributed by atoms with Crippen molar-refractivity contribution in [3.8, 4) is 11.5 Å². The monoisotopic (exact) mass is 190 g/mol. The molecule has 72 valence electrons. The second-order valence-corrected chi connectivity index (χ2v) is 2.71. The molecule has 0 unspecified atom stereocenters. The Morgan fingerprint density at radius 3 is 3.07 bits per heavy atom. The molecule has 0 aromatic carbocycles. The largest absolute Gasteiger partial charge is 0.452 e. The summed E-state index contributed by atoms with van der Waals surface area (Å²) in [4.78, 5) is 3.93. The summed E-state index contributed by atoms with van der Waals surface area (Å²) in [5.41, 5.74) is 6.25. The number of pyridine rings is 1. The van der Waals surface area contributed by atoms with Crippen molar-refractivity contribution in [1.82, 2.24) is 15.2 Å². The maximum Gasteiger partial charge on any atom is 0.169 e. The number of nitrogens with zero attached hydrogens (tertiary/aromatic N) is 2.